The second-order valence-corrected chi connectivity index (χ2v) is 5.60. The number of hydrogen-bond donors (Lipinski definition) is 1. The van der Waals surface area contributed by atoms with E-state index in [-0.39, 0.29) is 0 Å². The Hall–Kier alpha value is -0.870. The molecular weight excluding hydrogens is 212 g/mol. The van der Waals surface area contributed by atoms with E-state index in [9.17, 15) is 0 Å². The molecule has 4 nitrogen and oxygen atoms in total. The van der Waals surface area contributed by atoms with Gasteiger partial charge in [-0.25, -0.2) is 4.98 Å². The number of hydrogen-bond acceptors (Lipinski definition) is 3. The van der Waals surface area contributed by atoms with Crippen LogP contribution in [0.1, 0.15) is 24.5 Å². The lowest BCUT2D eigenvalue weighted by atomic mass is 9.96. The topological polar surface area (TPSA) is 33.1 Å². The smallest absolute Gasteiger partial charge is 0.0948 e. The molecule has 0 amide bonds. The van der Waals surface area contributed by atoms with Crippen LogP contribution in [0.25, 0.3) is 0 Å². The maximum atomic E-state index is 4.33. The van der Waals surface area contributed by atoms with Crippen molar-refractivity contribution in [2.24, 2.45) is 5.92 Å². The van der Waals surface area contributed by atoms with Crippen molar-refractivity contribution in [1.82, 2.24) is 19.8 Å². The van der Waals surface area contributed by atoms with Crippen LogP contribution in [0.2, 0.25) is 0 Å². The monoisotopic (exact) mass is 234 g/mol. The first kappa shape index (κ1) is 11.2. The summed E-state index contributed by atoms with van der Waals surface area (Å²) in [7, 11) is 2.23. The molecule has 0 saturated carbocycles. The Morgan fingerprint density at radius 3 is 3.06 bits per heavy atom. The fourth-order valence-corrected chi connectivity index (χ4v) is 3.02. The zero-order valence-corrected chi connectivity index (χ0v) is 10.6. The van der Waals surface area contributed by atoms with Crippen LogP contribution in [-0.4, -0.2) is 47.7 Å². The molecule has 1 unspecified atom stereocenters. The third-order valence-electron chi connectivity index (χ3n) is 4.12. The van der Waals surface area contributed by atoms with Gasteiger partial charge in [0.05, 0.1) is 6.33 Å². The molecule has 0 spiro atoms. The van der Waals surface area contributed by atoms with E-state index in [1.54, 1.807) is 0 Å². The molecule has 1 aromatic rings. The number of nitrogens with one attached hydrogen (secondary N) is 1. The SMILES string of the molecule is CN1CCCC(Cn2cncc2C2CNC2)C1. The molecule has 2 saturated heterocycles. The van der Waals surface area contributed by atoms with Gasteiger partial charge in [0.15, 0.2) is 0 Å². The summed E-state index contributed by atoms with van der Waals surface area (Å²) in [5, 5.41) is 3.34. The van der Waals surface area contributed by atoms with E-state index in [2.05, 4.69) is 33.0 Å². The molecule has 1 aromatic heterocycles. The first-order valence-electron chi connectivity index (χ1n) is 6.72. The molecule has 17 heavy (non-hydrogen) atoms. The van der Waals surface area contributed by atoms with Gasteiger partial charge in [0, 0.05) is 44.0 Å². The first-order valence-corrected chi connectivity index (χ1v) is 6.72. The molecule has 2 aliphatic rings. The van der Waals surface area contributed by atoms with Gasteiger partial charge >= 0.3 is 0 Å². The van der Waals surface area contributed by atoms with Gasteiger partial charge in [-0.05, 0) is 32.4 Å². The predicted molar refractivity (Wildman–Crippen MR) is 68.1 cm³/mol. The molecule has 2 aliphatic heterocycles. The van der Waals surface area contributed by atoms with Crippen molar-refractivity contribution in [3.05, 3.63) is 18.2 Å². The minimum atomic E-state index is 0.693. The van der Waals surface area contributed by atoms with Gasteiger partial charge in [0.1, 0.15) is 0 Å². The Labute approximate surface area is 103 Å². The van der Waals surface area contributed by atoms with Crippen molar-refractivity contribution < 1.29 is 0 Å². The van der Waals surface area contributed by atoms with Crippen LogP contribution >= 0.6 is 0 Å². The summed E-state index contributed by atoms with van der Waals surface area (Å²) >= 11 is 0. The fraction of sp³-hybridized carbons (Fsp3) is 0.769. The summed E-state index contributed by atoms with van der Waals surface area (Å²) in [6.07, 6.45) is 6.78. The molecule has 2 fully saturated rings. The standard InChI is InChI=1S/C13H22N4/c1-16-4-2-3-11(8-16)9-17-10-15-7-13(17)12-5-14-6-12/h7,10-12,14H,2-6,8-9H2,1H3. The molecule has 0 bridgehead atoms. The Bertz CT molecular complexity index is 369. The van der Waals surface area contributed by atoms with Crippen LogP contribution in [0.4, 0.5) is 0 Å². The van der Waals surface area contributed by atoms with Crippen LogP contribution < -0.4 is 5.32 Å². The zero-order valence-electron chi connectivity index (χ0n) is 10.6. The van der Waals surface area contributed by atoms with E-state index < -0.39 is 0 Å². The molecule has 0 aliphatic carbocycles. The van der Waals surface area contributed by atoms with E-state index in [1.165, 1.54) is 31.6 Å². The summed E-state index contributed by atoms with van der Waals surface area (Å²) < 4.78 is 2.38. The van der Waals surface area contributed by atoms with Crippen LogP contribution in [0, 0.1) is 5.92 Å². The number of nitrogens with zero attached hydrogens (tertiary/aromatic N) is 3. The summed E-state index contributed by atoms with van der Waals surface area (Å²) in [4.78, 5) is 6.79. The first-order chi connectivity index (χ1) is 8.33. The van der Waals surface area contributed by atoms with E-state index in [0.29, 0.717) is 5.92 Å². The Morgan fingerprint density at radius 1 is 1.47 bits per heavy atom. The van der Waals surface area contributed by atoms with E-state index >= 15 is 0 Å². The van der Waals surface area contributed by atoms with E-state index in [4.69, 9.17) is 0 Å². The summed E-state index contributed by atoms with van der Waals surface area (Å²) in [6, 6.07) is 0. The minimum Gasteiger partial charge on any atom is -0.334 e. The second-order valence-electron chi connectivity index (χ2n) is 5.60. The van der Waals surface area contributed by atoms with Gasteiger partial charge in [-0.15, -0.1) is 0 Å². The summed E-state index contributed by atoms with van der Waals surface area (Å²) in [6.45, 7) is 5.89. The van der Waals surface area contributed by atoms with Crippen LogP contribution in [0.15, 0.2) is 12.5 Å². The van der Waals surface area contributed by atoms with Crippen molar-refractivity contribution in [1.29, 1.82) is 0 Å². The van der Waals surface area contributed by atoms with Gasteiger partial charge in [0.2, 0.25) is 0 Å². The molecular formula is C13H22N4. The molecule has 3 rings (SSSR count). The predicted octanol–water partition coefficient (Wildman–Crippen LogP) is 0.912. The van der Waals surface area contributed by atoms with Gasteiger partial charge < -0.3 is 14.8 Å². The zero-order chi connectivity index (χ0) is 11.7. The van der Waals surface area contributed by atoms with Gasteiger partial charge in [0.25, 0.3) is 0 Å². The van der Waals surface area contributed by atoms with Crippen molar-refractivity contribution in [2.75, 3.05) is 33.2 Å². The van der Waals surface area contributed by atoms with Crippen LogP contribution in [0.5, 0.6) is 0 Å². The van der Waals surface area contributed by atoms with Crippen LogP contribution in [0.3, 0.4) is 0 Å². The lowest BCUT2D eigenvalue weighted by Gasteiger charge is -2.32. The van der Waals surface area contributed by atoms with Crippen molar-refractivity contribution >= 4 is 0 Å². The summed E-state index contributed by atoms with van der Waals surface area (Å²) in [5.41, 5.74) is 1.43. The highest BCUT2D eigenvalue weighted by atomic mass is 15.1. The number of piperidine rings is 1. The quantitative estimate of drug-likeness (QED) is 0.844. The number of imidazole rings is 1. The molecule has 4 heteroatoms. The normalized spacial score (nSPS) is 27.0. The van der Waals surface area contributed by atoms with Crippen molar-refractivity contribution in [3.63, 3.8) is 0 Å². The highest BCUT2D eigenvalue weighted by molar-refractivity contribution is 5.11. The lowest BCUT2D eigenvalue weighted by molar-refractivity contribution is 0.192. The van der Waals surface area contributed by atoms with E-state index in [1.807, 2.05) is 6.33 Å². The maximum absolute atomic E-state index is 4.33. The van der Waals surface area contributed by atoms with Crippen molar-refractivity contribution in [3.8, 4) is 0 Å². The summed E-state index contributed by atoms with van der Waals surface area (Å²) in [5.74, 6) is 1.49. The number of likely N-dealkylation sites (tertiary alicyclic amines) is 1. The largest absolute Gasteiger partial charge is 0.334 e. The molecule has 0 aromatic carbocycles. The Morgan fingerprint density at radius 2 is 2.35 bits per heavy atom. The van der Waals surface area contributed by atoms with Crippen LogP contribution in [-0.2, 0) is 6.54 Å². The van der Waals surface area contributed by atoms with E-state index in [0.717, 1.165) is 25.6 Å². The highest BCUT2D eigenvalue weighted by Gasteiger charge is 2.24. The number of rotatable bonds is 3. The molecule has 1 N–H and O–H groups in total. The Kier molecular flexibility index (Phi) is 3.16. The lowest BCUT2D eigenvalue weighted by Crippen LogP contribution is -2.41. The second kappa shape index (κ2) is 4.78. The average molecular weight is 234 g/mol. The van der Waals surface area contributed by atoms with Gasteiger partial charge in [-0.3, -0.25) is 0 Å². The molecule has 1 atom stereocenters. The number of aromatic nitrogens is 2. The van der Waals surface area contributed by atoms with Gasteiger partial charge in [-0.2, -0.15) is 0 Å². The Balaban J connectivity index is 1.65. The maximum Gasteiger partial charge on any atom is 0.0948 e. The molecule has 94 valence electrons. The average Bonchev–Trinajstić information content (AvgIpc) is 2.64. The fourth-order valence-electron chi connectivity index (χ4n) is 3.02. The molecule has 0 radical (unpaired) electrons. The molecule has 3 heterocycles. The third-order valence-corrected chi connectivity index (χ3v) is 4.12. The van der Waals surface area contributed by atoms with Gasteiger partial charge in [-0.1, -0.05) is 0 Å². The third kappa shape index (κ3) is 2.38. The van der Waals surface area contributed by atoms with Crippen molar-refractivity contribution in [2.45, 2.75) is 25.3 Å². The minimum absolute atomic E-state index is 0.693. The highest BCUT2D eigenvalue weighted by Crippen LogP contribution is 2.22.